The summed E-state index contributed by atoms with van der Waals surface area (Å²) in [5, 5.41) is 0. The standard InChI is InChI=1S/C24H35NO4/c1-7-8-16-21-17(11-23(3,4)13-19(21)27)25(9-10-29-15(2)26)18-12-24(5,6)14-20(28)22(16)18/h16H,7-14H2,1-6H3. The SMILES string of the molecule is CCCC1C2=C(CC(C)(C)CC2=O)N(CCOC(C)=O)C2=C1C(=O)CC(C)(C)C2. The summed E-state index contributed by atoms with van der Waals surface area (Å²) in [5.74, 6) is -0.0377. The lowest BCUT2D eigenvalue weighted by molar-refractivity contribution is -0.141. The number of hydrogen-bond donors (Lipinski definition) is 0. The zero-order valence-corrected chi connectivity index (χ0v) is 18.8. The molecule has 0 amide bonds. The van der Waals surface area contributed by atoms with Gasteiger partial charge in [-0.05, 0) is 30.1 Å². The highest BCUT2D eigenvalue weighted by molar-refractivity contribution is 6.05. The molecule has 2 aliphatic carbocycles. The van der Waals surface area contributed by atoms with Crippen LogP contribution >= 0.6 is 0 Å². The topological polar surface area (TPSA) is 63.7 Å². The molecule has 3 aliphatic rings. The highest BCUT2D eigenvalue weighted by Crippen LogP contribution is 2.52. The predicted octanol–water partition coefficient (Wildman–Crippen LogP) is 4.57. The number of esters is 1. The summed E-state index contributed by atoms with van der Waals surface area (Å²) in [6, 6.07) is 0. The highest BCUT2D eigenvalue weighted by Gasteiger charge is 2.47. The molecule has 0 saturated carbocycles. The Morgan fingerprint density at radius 1 is 0.966 bits per heavy atom. The minimum atomic E-state index is -0.311. The van der Waals surface area contributed by atoms with Gasteiger partial charge in [0, 0.05) is 48.2 Å². The quantitative estimate of drug-likeness (QED) is 0.632. The molecular weight excluding hydrogens is 366 g/mol. The van der Waals surface area contributed by atoms with Crippen LogP contribution in [0, 0.1) is 16.7 Å². The summed E-state index contributed by atoms with van der Waals surface area (Å²) < 4.78 is 5.24. The maximum atomic E-state index is 13.3. The van der Waals surface area contributed by atoms with Crippen LogP contribution in [0.4, 0.5) is 0 Å². The van der Waals surface area contributed by atoms with Gasteiger partial charge in [-0.2, -0.15) is 0 Å². The molecule has 0 saturated heterocycles. The van der Waals surface area contributed by atoms with Crippen molar-refractivity contribution in [2.24, 2.45) is 16.7 Å². The van der Waals surface area contributed by atoms with Crippen LogP contribution in [0.15, 0.2) is 22.5 Å². The second-order valence-corrected chi connectivity index (χ2v) is 10.4. The highest BCUT2D eigenvalue weighted by atomic mass is 16.5. The van der Waals surface area contributed by atoms with E-state index in [4.69, 9.17) is 4.74 Å². The summed E-state index contributed by atoms with van der Waals surface area (Å²) in [6.07, 6.45) is 4.41. The molecule has 0 aromatic carbocycles. The number of carbonyl (C=O) groups is 3. The monoisotopic (exact) mass is 401 g/mol. The van der Waals surface area contributed by atoms with Crippen molar-refractivity contribution in [1.82, 2.24) is 4.90 Å². The molecule has 0 N–H and O–H groups in total. The maximum absolute atomic E-state index is 13.3. The van der Waals surface area contributed by atoms with Gasteiger partial charge in [0.05, 0.1) is 6.54 Å². The average molecular weight is 402 g/mol. The Labute approximate surface area is 174 Å². The third kappa shape index (κ3) is 4.34. The second-order valence-electron chi connectivity index (χ2n) is 10.4. The van der Waals surface area contributed by atoms with Crippen molar-refractivity contribution >= 4 is 17.5 Å². The van der Waals surface area contributed by atoms with Crippen LogP contribution in [0.1, 0.15) is 80.1 Å². The van der Waals surface area contributed by atoms with Gasteiger partial charge in [-0.25, -0.2) is 0 Å². The van der Waals surface area contributed by atoms with Crippen LogP contribution < -0.4 is 0 Å². The maximum Gasteiger partial charge on any atom is 0.302 e. The largest absolute Gasteiger partial charge is 0.464 e. The number of Topliss-reactive ketones (excluding diaryl/α,β-unsaturated/α-hetero) is 2. The summed E-state index contributed by atoms with van der Waals surface area (Å²) in [5.41, 5.74) is 3.58. The molecular formula is C24H35NO4. The Morgan fingerprint density at radius 3 is 1.86 bits per heavy atom. The summed E-state index contributed by atoms with van der Waals surface area (Å²) in [7, 11) is 0. The fraction of sp³-hybridized carbons (Fsp3) is 0.708. The molecule has 1 aliphatic heterocycles. The molecule has 0 radical (unpaired) electrons. The fourth-order valence-corrected chi connectivity index (χ4v) is 5.31. The lowest BCUT2D eigenvalue weighted by Crippen LogP contribution is -2.46. The van der Waals surface area contributed by atoms with Crippen LogP contribution in [0.2, 0.25) is 0 Å². The molecule has 29 heavy (non-hydrogen) atoms. The number of rotatable bonds is 5. The van der Waals surface area contributed by atoms with E-state index in [2.05, 4.69) is 39.5 Å². The van der Waals surface area contributed by atoms with Gasteiger partial charge in [0.2, 0.25) is 0 Å². The molecule has 5 nitrogen and oxygen atoms in total. The third-order valence-electron chi connectivity index (χ3n) is 6.34. The summed E-state index contributed by atoms with van der Waals surface area (Å²) in [4.78, 5) is 40.0. The first-order valence-electron chi connectivity index (χ1n) is 10.9. The lowest BCUT2D eigenvalue weighted by Gasteiger charge is -2.49. The Hall–Kier alpha value is -1.91. The van der Waals surface area contributed by atoms with Crippen molar-refractivity contribution in [1.29, 1.82) is 0 Å². The van der Waals surface area contributed by atoms with E-state index in [0.717, 1.165) is 48.2 Å². The van der Waals surface area contributed by atoms with Gasteiger partial charge in [0.25, 0.3) is 0 Å². The van der Waals surface area contributed by atoms with E-state index >= 15 is 0 Å². The molecule has 0 atom stereocenters. The van der Waals surface area contributed by atoms with Gasteiger partial charge in [-0.1, -0.05) is 41.0 Å². The first kappa shape index (κ1) is 21.8. The molecule has 3 rings (SSSR count). The van der Waals surface area contributed by atoms with Crippen LogP contribution in [0.5, 0.6) is 0 Å². The van der Waals surface area contributed by atoms with Gasteiger partial charge < -0.3 is 9.64 Å². The van der Waals surface area contributed by atoms with Crippen molar-refractivity contribution in [3.05, 3.63) is 22.5 Å². The van der Waals surface area contributed by atoms with Crippen LogP contribution in [0.25, 0.3) is 0 Å². The molecule has 160 valence electrons. The van der Waals surface area contributed by atoms with Crippen molar-refractivity contribution in [3.8, 4) is 0 Å². The number of carbonyl (C=O) groups excluding carboxylic acids is 3. The number of allylic oxidation sites excluding steroid dienone is 4. The number of nitrogens with zero attached hydrogens (tertiary/aromatic N) is 1. The first-order chi connectivity index (χ1) is 13.5. The van der Waals surface area contributed by atoms with Crippen molar-refractivity contribution < 1.29 is 19.1 Å². The van der Waals surface area contributed by atoms with E-state index in [1.54, 1.807) is 0 Å². The Kier molecular flexibility index (Phi) is 5.81. The Balaban J connectivity index is 2.13. The lowest BCUT2D eigenvalue weighted by atomic mass is 9.64. The molecule has 1 heterocycles. The smallest absolute Gasteiger partial charge is 0.302 e. The second kappa shape index (κ2) is 7.73. The predicted molar refractivity (Wildman–Crippen MR) is 112 cm³/mol. The zero-order chi connectivity index (χ0) is 21.6. The van der Waals surface area contributed by atoms with Gasteiger partial charge >= 0.3 is 5.97 Å². The van der Waals surface area contributed by atoms with Crippen LogP contribution in [-0.2, 0) is 19.1 Å². The van der Waals surface area contributed by atoms with Gasteiger partial charge in [-0.3, -0.25) is 14.4 Å². The normalized spacial score (nSPS) is 23.9. The number of hydrogen-bond acceptors (Lipinski definition) is 5. The van der Waals surface area contributed by atoms with E-state index in [0.29, 0.717) is 19.4 Å². The van der Waals surface area contributed by atoms with Crippen LogP contribution in [0.3, 0.4) is 0 Å². The van der Waals surface area contributed by atoms with Crippen molar-refractivity contribution in [3.63, 3.8) is 0 Å². The van der Waals surface area contributed by atoms with Gasteiger partial charge in [-0.15, -0.1) is 0 Å². The van der Waals surface area contributed by atoms with Gasteiger partial charge in [0.1, 0.15) is 6.61 Å². The number of ether oxygens (including phenoxy) is 1. The van der Waals surface area contributed by atoms with E-state index < -0.39 is 0 Å². The zero-order valence-electron chi connectivity index (χ0n) is 18.8. The number of ketones is 2. The minimum absolute atomic E-state index is 0.0813. The molecule has 0 aromatic rings. The molecule has 0 fully saturated rings. The minimum Gasteiger partial charge on any atom is -0.464 e. The van der Waals surface area contributed by atoms with Gasteiger partial charge in [0.15, 0.2) is 11.6 Å². The Bertz CT molecular complexity index is 746. The van der Waals surface area contributed by atoms with E-state index in [1.807, 2.05) is 0 Å². The summed E-state index contributed by atoms with van der Waals surface area (Å²) in [6.45, 7) is 12.8. The average Bonchev–Trinajstić information content (AvgIpc) is 2.54. The molecule has 0 unspecified atom stereocenters. The van der Waals surface area contributed by atoms with Crippen molar-refractivity contribution in [2.45, 2.75) is 80.1 Å². The molecule has 5 heteroatoms. The van der Waals surface area contributed by atoms with Crippen LogP contribution in [-0.4, -0.2) is 35.6 Å². The van der Waals surface area contributed by atoms with E-state index in [9.17, 15) is 14.4 Å². The molecule has 0 bridgehead atoms. The summed E-state index contributed by atoms with van der Waals surface area (Å²) >= 11 is 0. The Morgan fingerprint density at radius 2 is 1.45 bits per heavy atom. The first-order valence-corrected chi connectivity index (χ1v) is 10.9. The van der Waals surface area contributed by atoms with Crippen molar-refractivity contribution in [2.75, 3.05) is 13.2 Å². The van der Waals surface area contributed by atoms with E-state index in [-0.39, 0.29) is 40.9 Å². The fourth-order valence-electron chi connectivity index (χ4n) is 5.31. The third-order valence-corrected chi connectivity index (χ3v) is 6.34. The molecule has 0 aromatic heterocycles. The molecule has 0 spiro atoms. The van der Waals surface area contributed by atoms with E-state index in [1.165, 1.54) is 6.92 Å².